The van der Waals surface area contributed by atoms with Crippen LogP contribution in [-0.2, 0) is 26.2 Å². The van der Waals surface area contributed by atoms with Gasteiger partial charge in [0.05, 0.1) is 11.0 Å². The van der Waals surface area contributed by atoms with E-state index in [0.717, 1.165) is 17.7 Å². The lowest BCUT2D eigenvalue weighted by Gasteiger charge is -2.62. The lowest BCUT2D eigenvalue weighted by atomic mass is 9.49. The van der Waals surface area contributed by atoms with Crippen LogP contribution < -0.4 is 14.8 Å². The third kappa shape index (κ3) is 6.63. The molecule has 0 aromatic heterocycles. The van der Waals surface area contributed by atoms with Gasteiger partial charge in [0.1, 0.15) is 17.2 Å². The lowest BCUT2D eigenvalue weighted by Crippen LogP contribution is -2.76. The Morgan fingerprint density at radius 1 is 1.23 bits per heavy atom. The van der Waals surface area contributed by atoms with Gasteiger partial charge in [-0.05, 0) is 91.4 Å². The number of rotatable bonds is 10. The molecule has 1 aromatic carbocycles. The fourth-order valence-electron chi connectivity index (χ4n) is 7.90. The molecule has 2 N–H and O–H groups in total. The van der Waals surface area contributed by atoms with E-state index in [4.69, 9.17) is 14.2 Å². The first-order chi connectivity index (χ1) is 22.1. The Balaban J connectivity index is 1.11. The molecule has 2 aliphatic carbocycles. The highest BCUT2D eigenvalue weighted by atomic mass is 16.6. The van der Waals surface area contributed by atoms with Crippen molar-refractivity contribution in [1.82, 2.24) is 15.1 Å². The first-order valence-electron chi connectivity index (χ1n) is 16.8. The molecule has 2 fully saturated rings. The summed E-state index contributed by atoms with van der Waals surface area (Å²) < 4.78 is 17.4. The van der Waals surface area contributed by atoms with Crippen molar-refractivity contribution in [3.63, 3.8) is 0 Å². The molecule has 258 valence electrons. The number of alkyl carbamates (subject to hydrolysis) is 1. The number of piperidine rings is 1. The van der Waals surface area contributed by atoms with Gasteiger partial charge in [0, 0.05) is 50.5 Å². The largest absolute Gasteiger partial charge is 0.477 e. The summed E-state index contributed by atoms with van der Waals surface area (Å²) in [6, 6.07) is 3.55. The summed E-state index contributed by atoms with van der Waals surface area (Å²) in [5.74, 6) is 1.06. The number of likely N-dealkylation sites (tertiary alicyclic amines) is 1. The van der Waals surface area contributed by atoms with Crippen molar-refractivity contribution >= 4 is 29.6 Å². The average molecular weight is 655 g/mol. The molecule has 4 aliphatic rings. The van der Waals surface area contributed by atoms with Crippen LogP contribution in [0.2, 0.25) is 0 Å². The monoisotopic (exact) mass is 654 g/mol. The Bertz CT molecular complexity index is 1450. The van der Waals surface area contributed by atoms with Gasteiger partial charge < -0.3 is 29.1 Å². The minimum absolute atomic E-state index is 0.0200. The number of ether oxygens (including phenoxy) is 3. The summed E-state index contributed by atoms with van der Waals surface area (Å²) >= 11 is 0. The zero-order valence-corrected chi connectivity index (χ0v) is 28.8. The summed E-state index contributed by atoms with van der Waals surface area (Å²) in [5.41, 5.74) is -0.662. The number of ketones is 2. The summed E-state index contributed by atoms with van der Waals surface area (Å²) in [4.78, 5) is 58.9. The molecule has 0 radical (unpaired) electrons. The van der Waals surface area contributed by atoms with Gasteiger partial charge in [-0.25, -0.2) is 9.59 Å². The molecular formula is C35H50N4O8. The van der Waals surface area contributed by atoms with Crippen LogP contribution in [0.3, 0.4) is 0 Å². The second-order valence-corrected chi connectivity index (χ2v) is 14.7. The average Bonchev–Trinajstić information content (AvgIpc) is 3.35. The number of nitrogens with zero attached hydrogens (tertiary/aromatic N) is 3. The molecule has 0 unspecified atom stereocenters. The molecule has 2 aliphatic heterocycles. The number of nitrogens with one attached hydrogen (secondary N) is 1. The van der Waals surface area contributed by atoms with E-state index < -0.39 is 34.9 Å². The lowest BCUT2D eigenvalue weighted by molar-refractivity contribution is -0.185. The first kappa shape index (κ1) is 34.8. The Hall–Kier alpha value is -3.51. The van der Waals surface area contributed by atoms with Crippen molar-refractivity contribution in [2.75, 3.05) is 33.7 Å². The molecule has 47 heavy (non-hydrogen) atoms. The molecule has 2 bridgehead atoms. The number of Topliss-reactive ketones (excluding diaryl/α,β-unsaturated/α-hetero) is 2. The summed E-state index contributed by atoms with van der Waals surface area (Å²) in [6.45, 7) is 10.5. The van der Waals surface area contributed by atoms with Gasteiger partial charge in [-0.1, -0.05) is 13.0 Å². The van der Waals surface area contributed by atoms with Crippen LogP contribution in [0.4, 0.5) is 9.59 Å². The van der Waals surface area contributed by atoms with Gasteiger partial charge in [0.15, 0.2) is 23.4 Å². The van der Waals surface area contributed by atoms with E-state index in [0.29, 0.717) is 69.6 Å². The first-order valence-corrected chi connectivity index (χ1v) is 16.8. The topological polar surface area (TPSA) is 147 Å². The highest BCUT2D eigenvalue weighted by molar-refractivity contribution is 5.94. The molecule has 2 heterocycles. The van der Waals surface area contributed by atoms with Crippen molar-refractivity contribution in [3.05, 3.63) is 23.3 Å². The van der Waals surface area contributed by atoms with E-state index in [1.165, 1.54) is 4.90 Å². The molecular weight excluding hydrogens is 604 g/mol. The van der Waals surface area contributed by atoms with Gasteiger partial charge >= 0.3 is 12.2 Å². The predicted octanol–water partition coefficient (Wildman–Crippen LogP) is 4.18. The number of hydrogen-bond donors (Lipinski definition) is 2. The fraction of sp³-hybridized carbons (Fsp3) is 0.686. The van der Waals surface area contributed by atoms with E-state index in [9.17, 15) is 24.3 Å². The van der Waals surface area contributed by atoms with Crippen LogP contribution in [0.15, 0.2) is 17.1 Å². The zero-order valence-electron chi connectivity index (χ0n) is 28.8. The smallest absolute Gasteiger partial charge is 0.415 e. The zero-order chi connectivity index (χ0) is 34.3. The second-order valence-electron chi connectivity index (χ2n) is 14.7. The molecule has 2 amide bonds. The third-order valence-electron chi connectivity index (χ3n) is 10.3. The second kappa shape index (κ2) is 13.2. The van der Waals surface area contributed by atoms with E-state index >= 15 is 0 Å². The number of amidine groups is 1. The van der Waals surface area contributed by atoms with Gasteiger partial charge in [0.25, 0.3) is 0 Å². The highest BCUT2D eigenvalue weighted by Crippen LogP contribution is 2.64. The Labute approximate surface area is 277 Å². The molecule has 1 saturated heterocycles. The predicted molar refractivity (Wildman–Crippen MR) is 175 cm³/mol. The van der Waals surface area contributed by atoms with Crippen LogP contribution >= 0.6 is 0 Å². The van der Waals surface area contributed by atoms with Gasteiger partial charge in [-0.2, -0.15) is 0 Å². The number of hydrogen-bond acceptors (Lipinski definition) is 10. The van der Waals surface area contributed by atoms with Crippen LogP contribution in [0, 0.1) is 5.92 Å². The van der Waals surface area contributed by atoms with Crippen molar-refractivity contribution in [2.45, 2.75) is 115 Å². The Kier molecular flexibility index (Phi) is 9.76. The number of carbonyl (C=O) groups is 4. The SMILES string of the molecule is CC(=NCCC[C@H](C)C(=O)CCCN(C)C(=O)Oc1ccc2c3c1O[C@H]1C(=O)CC[C@@]4(O)[C@@H](C2)N(C)CC[C@]314)NC(=O)OC(C)(C)C. The minimum atomic E-state index is -1.09. The minimum Gasteiger partial charge on any atom is -0.477 e. The number of amides is 2. The van der Waals surface area contributed by atoms with E-state index in [1.807, 2.05) is 20.0 Å². The van der Waals surface area contributed by atoms with Crippen molar-refractivity contribution < 1.29 is 38.5 Å². The maximum atomic E-state index is 13.2. The maximum absolute atomic E-state index is 13.2. The summed E-state index contributed by atoms with van der Waals surface area (Å²) in [7, 11) is 3.65. The molecule has 12 heteroatoms. The van der Waals surface area contributed by atoms with Crippen LogP contribution in [0.5, 0.6) is 11.5 Å². The quantitative estimate of drug-likeness (QED) is 0.216. The number of carbonyl (C=O) groups excluding carboxylic acids is 4. The highest BCUT2D eigenvalue weighted by Gasteiger charge is 2.72. The molecule has 5 rings (SSSR count). The molecule has 1 aromatic rings. The van der Waals surface area contributed by atoms with Crippen molar-refractivity contribution in [2.24, 2.45) is 10.9 Å². The normalized spacial score (nSPS) is 27.0. The van der Waals surface area contributed by atoms with Crippen molar-refractivity contribution in [1.29, 1.82) is 0 Å². The van der Waals surface area contributed by atoms with E-state index in [-0.39, 0.29) is 35.7 Å². The van der Waals surface area contributed by atoms with Crippen LogP contribution in [0.1, 0.15) is 90.7 Å². The summed E-state index contributed by atoms with van der Waals surface area (Å²) in [6.07, 6.45) is 2.14. The Morgan fingerprint density at radius 3 is 2.70 bits per heavy atom. The van der Waals surface area contributed by atoms with Gasteiger partial charge in [-0.3, -0.25) is 19.9 Å². The molecule has 5 atom stereocenters. The maximum Gasteiger partial charge on any atom is 0.415 e. The third-order valence-corrected chi connectivity index (χ3v) is 10.3. The number of aliphatic imine (C=N–C) groups is 1. The molecule has 12 nitrogen and oxygen atoms in total. The van der Waals surface area contributed by atoms with E-state index in [2.05, 4.69) is 15.2 Å². The number of benzene rings is 1. The van der Waals surface area contributed by atoms with Gasteiger partial charge in [-0.15, -0.1) is 0 Å². The number of likely N-dealkylation sites (N-methyl/N-ethyl adjacent to an activating group) is 1. The molecule has 1 spiro atoms. The summed E-state index contributed by atoms with van der Waals surface area (Å²) in [5, 5.41) is 14.7. The fourth-order valence-corrected chi connectivity index (χ4v) is 7.90. The number of aliphatic hydroxyl groups is 1. The molecule has 1 saturated carbocycles. The van der Waals surface area contributed by atoms with E-state index in [1.54, 1.807) is 40.8 Å². The standard InChI is InChI=1S/C35H50N4O8/c1-21(10-8-17-36-22(2)37-31(42)47-33(3,4)5)24(40)11-9-18-39(7)32(43)45-26-13-12-23-20-27-35(44)15-14-25(41)30-34(35,16-19-38(27)6)28(23)29(26)46-30/h12-13,21,27,30,44H,8-11,14-20H2,1-7H3,(H,36,37,42)/t21-,27+,30-,34-,35+/m0/s1. The van der Waals surface area contributed by atoms with Crippen LogP contribution in [0.25, 0.3) is 0 Å². The van der Waals surface area contributed by atoms with Crippen LogP contribution in [-0.4, -0.2) is 102 Å². The Morgan fingerprint density at radius 2 is 1.98 bits per heavy atom. The van der Waals surface area contributed by atoms with Crippen molar-refractivity contribution in [3.8, 4) is 11.5 Å². The van der Waals surface area contributed by atoms with Gasteiger partial charge in [0.2, 0.25) is 0 Å².